The first kappa shape index (κ1) is 10.3. The number of nitrogens with zero attached hydrogens (tertiary/aromatic N) is 2. The number of thiazole rings is 1. The molecule has 0 aliphatic heterocycles. The fourth-order valence-electron chi connectivity index (χ4n) is 2.45. The Morgan fingerprint density at radius 2 is 2.44 bits per heavy atom. The summed E-state index contributed by atoms with van der Waals surface area (Å²) in [5, 5.41) is 5.46. The van der Waals surface area contributed by atoms with Gasteiger partial charge in [0.15, 0.2) is 4.96 Å². The lowest BCUT2D eigenvalue weighted by Gasteiger charge is -2.21. The molecule has 2 aromatic heterocycles. The fourth-order valence-corrected chi connectivity index (χ4v) is 3.17. The van der Waals surface area contributed by atoms with E-state index in [1.54, 1.807) is 11.3 Å². The van der Waals surface area contributed by atoms with E-state index < -0.39 is 0 Å². The second-order valence-electron chi connectivity index (χ2n) is 4.87. The van der Waals surface area contributed by atoms with Crippen molar-refractivity contribution in [3.8, 4) is 0 Å². The summed E-state index contributed by atoms with van der Waals surface area (Å²) in [6.07, 6.45) is 8.04. The molecule has 3 rings (SSSR count). The molecule has 3 nitrogen and oxygen atoms in total. The summed E-state index contributed by atoms with van der Waals surface area (Å²) in [5.41, 5.74) is 1.71. The Bertz CT molecular complexity index is 467. The molecule has 1 N–H and O–H groups in total. The number of rotatable bonds is 4. The summed E-state index contributed by atoms with van der Waals surface area (Å²) in [6, 6.07) is 0.590. The molecule has 1 aliphatic rings. The van der Waals surface area contributed by atoms with E-state index in [2.05, 4.69) is 46.4 Å². The van der Waals surface area contributed by atoms with Gasteiger partial charge in [0.25, 0.3) is 0 Å². The van der Waals surface area contributed by atoms with Gasteiger partial charge in [-0.05, 0) is 38.6 Å². The smallest absolute Gasteiger partial charge is 0.193 e. The minimum absolute atomic E-state index is 0.471. The third-order valence-electron chi connectivity index (χ3n) is 3.92. The molecular formula is C12H17N3S. The maximum Gasteiger partial charge on any atom is 0.193 e. The molecule has 0 aromatic carbocycles. The summed E-state index contributed by atoms with van der Waals surface area (Å²) >= 11 is 1.70. The maximum absolute atomic E-state index is 4.67. The second-order valence-corrected chi connectivity index (χ2v) is 5.75. The topological polar surface area (TPSA) is 29.3 Å². The molecule has 1 saturated carbocycles. The van der Waals surface area contributed by atoms with Crippen LogP contribution in [0.15, 0.2) is 17.8 Å². The fraction of sp³-hybridized carbons (Fsp3) is 0.583. The zero-order valence-corrected chi connectivity index (χ0v) is 10.5. The van der Waals surface area contributed by atoms with Crippen LogP contribution in [0, 0.1) is 5.41 Å². The van der Waals surface area contributed by atoms with Gasteiger partial charge in [-0.15, -0.1) is 11.3 Å². The lowest BCUT2D eigenvalue weighted by Crippen LogP contribution is -2.33. The van der Waals surface area contributed by atoms with Gasteiger partial charge in [0, 0.05) is 23.8 Å². The average Bonchev–Trinajstić information content (AvgIpc) is 2.74. The van der Waals surface area contributed by atoms with E-state index in [4.69, 9.17) is 0 Å². The van der Waals surface area contributed by atoms with Gasteiger partial charge in [0.2, 0.25) is 0 Å². The Kier molecular flexibility index (Phi) is 2.30. The van der Waals surface area contributed by atoms with Gasteiger partial charge in [-0.2, -0.15) is 0 Å². The largest absolute Gasteiger partial charge is 0.317 e. The Labute approximate surface area is 99.5 Å². The highest BCUT2D eigenvalue weighted by Crippen LogP contribution is 2.51. The zero-order chi connectivity index (χ0) is 11.2. The number of nitrogens with one attached hydrogen (secondary N) is 1. The van der Waals surface area contributed by atoms with Crippen LogP contribution in [0.3, 0.4) is 0 Å². The monoisotopic (exact) mass is 235 g/mol. The van der Waals surface area contributed by atoms with Crippen molar-refractivity contribution in [3.05, 3.63) is 23.5 Å². The molecule has 2 aromatic rings. The first-order valence-electron chi connectivity index (χ1n) is 5.82. The molecule has 1 atom stereocenters. The van der Waals surface area contributed by atoms with Gasteiger partial charge in [-0.1, -0.05) is 0 Å². The van der Waals surface area contributed by atoms with Gasteiger partial charge < -0.3 is 5.32 Å². The number of aromatic nitrogens is 2. The Morgan fingerprint density at radius 1 is 1.62 bits per heavy atom. The summed E-state index contributed by atoms with van der Waals surface area (Å²) < 4.78 is 2.13. The number of hydrogen-bond donors (Lipinski definition) is 1. The molecule has 1 fully saturated rings. The van der Waals surface area contributed by atoms with Gasteiger partial charge in [0.05, 0.1) is 5.69 Å². The second kappa shape index (κ2) is 3.57. The predicted molar refractivity (Wildman–Crippen MR) is 67.0 cm³/mol. The molecule has 0 saturated heterocycles. The van der Waals surface area contributed by atoms with Crippen LogP contribution >= 0.6 is 11.3 Å². The minimum atomic E-state index is 0.471. The zero-order valence-electron chi connectivity index (χ0n) is 9.73. The molecule has 0 radical (unpaired) electrons. The van der Waals surface area contributed by atoms with Gasteiger partial charge in [-0.3, -0.25) is 4.40 Å². The molecule has 0 amide bonds. The van der Waals surface area contributed by atoms with E-state index in [0.717, 1.165) is 11.4 Å². The third-order valence-corrected chi connectivity index (χ3v) is 4.69. The van der Waals surface area contributed by atoms with Crippen molar-refractivity contribution in [3.63, 3.8) is 0 Å². The van der Waals surface area contributed by atoms with Crippen LogP contribution in [0.25, 0.3) is 4.96 Å². The van der Waals surface area contributed by atoms with Crippen LogP contribution in [0.1, 0.15) is 25.5 Å². The van der Waals surface area contributed by atoms with Gasteiger partial charge >= 0.3 is 0 Å². The van der Waals surface area contributed by atoms with Crippen molar-refractivity contribution in [2.75, 3.05) is 7.05 Å². The van der Waals surface area contributed by atoms with Gasteiger partial charge in [0.1, 0.15) is 0 Å². The van der Waals surface area contributed by atoms with Crippen molar-refractivity contribution in [2.45, 2.75) is 32.2 Å². The van der Waals surface area contributed by atoms with Gasteiger partial charge in [-0.25, -0.2) is 4.98 Å². The van der Waals surface area contributed by atoms with Crippen molar-refractivity contribution in [1.29, 1.82) is 0 Å². The molecule has 0 bridgehead atoms. The first-order chi connectivity index (χ1) is 7.73. The highest BCUT2D eigenvalue weighted by Gasteiger charge is 2.47. The summed E-state index contributed by atoms with van der Waals surface area (Å²) in [5.74, 6) is 0. The van der Waals surface area contributed by atoms with Crippen LogP contribution in [-0.4, -0.2) is 22.5 Å². The average molecular weight is 235 g/mol. The lowest BCUT2D eigenvalue weighted by atomic mass is 9.92. The molecule has 4 heteroatoms. The van der Waals surface area contributed by atoms with Crippen molar-refractivity contribution >= 4 is 16.3 Å². The highest BCUT2D eigenvalue weighted by molar-refractivity contribution is 7.15. The Morgan fingerprint density at radius 3 is 3.06 bits per heavy atom. The Balaban J connectivity index is 1.82. The van der Waals surface area contributed by atoms with Crippen molar-refractivity contribution < 1.29 is 0 Å². The molecule has 1 unspecified atom stereocenters. The molecule has 2 heterocycles. The standard InChI is InChI=1S/C12H17N3S/c1-9(13-2)12(3-4-12)7-10-8-15-5-6-16-11(15)14-10/h5-6,8-9,13H,3-4,7H2,1-2H3. The SMILES string of the molecule is CNC(C)C1(Cc2cn3ccsc3n2)CC1. The van der Waals surface area contributed by atoms with E-state index in [0.29, 0.717) is 11.5 Å². The maximum atomic E-state index is 4.67. The molecule has 1 aliphatic carbocycles. The normalized spacial score (nSPS) is 20.1. The van der Waals surface area contributed by atoms with Crippen LogP contribution in [0.4, 0.5) is 0 Å². The minimum Gasteiger partial charge on any atom is -0.317 e. The number of imidazole rings is 1. The molecule has 86 valence electrons. The third kappa shape index (κ3) is 1.57. The van der Waals surface area contributed by atoms with E-state index >= 15 is 0 Å². The van der Waals surface area contributed by atoms with E-state index in [1.165, 1.54) is 18.5 Å². The lowest BCUT2D eigenvalue weighted by molar-refractivity contribution is 0.367. The summed E-state index contributed by atoms with van der Waals surface area (Å²) in [7, 11) is 2.05. The summed E-state index contributed by atoms with van der Waals surface area (Å²) in [4.78, 5) is 5.78. The van der Waals surface area contributed by atoms with Crippen molar-refractivity contribution in [2.24, 2.45) is 5.41 Å². The first-order valence-corrected chi connectivity index (χ1v) is 6.70. The predicted octanol–water partition coefficient (Wildman–Crippen LogP) is 2.33. The van der Waals surface area contributed by atoms with E-state index in [-0.39, 0.29) is 0 Å². The quantitative estimate of drug-likeness (QED) is 0.881. The van der Waals surface area contributed by atoms with Crippen LogP contribution < -0.4 is 5.32 Å². The van der Waals surface area contributed by atoms with Crippen molar-refractivity contribution in [1.82, 2.24) is 14.7 Å². The number of hydrogen-bond acceptors (Lipinski definition) is 3. The molecule has 16 heavy (non-hydrogen) atoms. The summed E-state index contributed by atoms with van der Waals surface area (Å²) in [6.45, 7) is 2.28. The molecular weight excluding hydrogens is 218 g/mol. The Hall–Kier alpha value is -0.870. The van der Waals surface area contributed by atoms with Crippen LogP contribution in [0.5, 0.6) is 0 Å². The van der Waals surface area contributed by atoms with E-state index in [1.807, 2.05) is 0 Å². The number of fused-ring (bicyclic) bond motifs is 1. The highest BCUT2D eigenvalue weighted by atomic mass is 32.1. The van der Waals surface area contributed by atoms with Crippen LogP contribution in [-0.2, 0) is 6.42 Å². The van der Waals surface area contributed by atoms with Crippen LogP contribution in [0.2, 0.25) is 0 Å². The van der Waals surface area contributed by atoms with E-state index in [9.17, 15) is 0 Å². The molecule has 0 spiro atoms.